The number of carbonyl (C=O) groups is 1. The molecule has 0 aromatic heterocycles. The number of carboxylic acids is 1. The van der Waals surface area contributed by atoms with Crippen LogP contribution in [0.5, 0.6) is 0 Å². The van der Waals surface area contributed by atoms with E-state index in [1.807, 2.05) is 55.4 Å². The van der Waals surface area contributed by atoms with Crippen molar-refractivity contribution in [2.45, 2.75) is 25.2 Å². The SMILES string of the molecule is CCc1ccccc1C(CCN(C)C)(C(=O)O)c1cccc(Cl)c1. The third kappa shape index (κ3) is 3.63. The molecule has 0 bridgehead atoms. The van der Waals surface area contributed by atoms with E-state index in [2.05, 4.69) is 6.92 Å². The van der Waals surface area contributed by atoms with E-state index >= 15 is 0 Å². The molecule has 128 valence electrons. The molecule has 24 heavy (non-hydrogen) atoms. The molecule has 0 fully saturated rings. The van der Waals surface area contributed by atoms with Crippen LogP contribution in [0.4, 0.5) is 0 Å². The van der Waals surface area contributed by atoms with E-state index in [1.54, 1.807) is 12.1 Å². The standard InChI is InChI=1S/C20H24ClNO2/c1-4-15-8-5-6-11-18(15)20(19(23)24,12-13-22(2)3)16-9-7-10-17(21)14-16/h5-11,14H,4,12-13H2,1-3H3,(H,23,24). The third-order valence-corrected chi connectivity index (χ3v) is 4.71. The topological polar surface area (TPSA) is 40.5 Å². The van der Waals surface area contributed by atoms with Gasteiger partial charge in [0.15, 0.2) is 0 Å². The lowest BCUT2D eigenvalue weighted by atomic mass is 9.70. The van der Waals surface area contributed by atoms with Gasteiger partial charge in [-0.15, -0.1) is 0 Å². The van der Waals surface area contributed by atoms with Crippen LogP contribution in [0.2, 0.25) is 5.02 Å². The number of nitrogens with zero attached hydrogens (tertiary/aromatic N) is 1. The van der Waals surface area contributed by atoms with Crippen LogP contribution >= 0.6 is 11.6 Å². The molecule has 0 saturated carbocycles. The fourth-order valence-electron chi connectivity index (χ4n) is 3.17. The monoisotopic (exact) mass is 345 g/mol. The Bertz CT molecular complexity index is 714. The molecule has 0 aliphatic carbocycles. The molecule has 1 N–H and O–H groups in total. The Kier molecular flexibility index (Phi) is 6.03. The van der Waals surface area contributed by atoms with E-state index in [4.69, 9.17) is 11.6 Å². The van der Waals surface area contributed by atoms with Gasteiger partial charge in [0.05, 0.1) is 0 Å². The van der Waals surface area contributed by atoms with Crippen molar-refractivity contribution in [1.82, 2.24) is 4.90 Å². The Labute approximate surface area is 148 Å². The molecule has 0 saturated heterocycles. The molecule has 0 aliphatic heterocycles. The van der Waals surface area contributed by atoms with E-state index < -0.39 is 11.4 Å². The summed E-state index contributed by atoms with van der Waals surface area (Å²) < 4.78 is 0. The number of hydrogen-bond acceptors (Lipinski definition) is 2. The lowest BCUT2D eigenvalue weighted by Gasteiger charge is -2.33. The van der Waals surface area contributed by atoms with Gasteiger partial charge in [-0.3, -0.25) is 4.79 Å². The van der Waals surface area contributed by atoms with Gasteiger partial charge in [0.1, 0.15) is 5.41 Å². The molecule has 4 heteroatoms. The fourth-order valence-corrected chi connectivity index (χ4v) is 3.36. The second-order valence-electron chi connectivity index (χ2n) is 6.28. The van der Waals surface area contributed by atoms with Gasteiger partial charge >= 0.3 is 5.97 Å². The smallest absolute Gasteiger partial charge is 0.318 e. The number of benzene rings is 2. The summed E-state index contributed by atoms with van der Waals surface area (Å²) in [7, 11) is 3.91. The third-order valence-electron chi connectivity index (χ3n) is 4.47. The summed E-state index contributed by atoms with van der Waals surface area (Å²) in [5, 5.41) is 10.8. The van der Waals surface area contributed by atoms with E-state index in [-0.39, 0.29) is 0 Å². The van der Waals surface area contributed by atoms with E-state index in [1.165, 1.54) is 0 Å². The van der Waals surface area contributed by atoms with Crippen LogP contribution in [0.15, 0.2) is 48.5 Å². The van der Waals surface area contributed by atoms with Gasteiger partial charge in [0.25, 0.3) is 0 Å². The van der Waals surface area contributed by atoms with Crippen molar-refractivity contribution in [1.29, 1.82) is 0 Å². The Hall–Kier alpha value is -1.84. The van der Waals surface area contributed by atoms with Crippen molar-refractivity contribution in [2.75, 3.05) is 20.6 Å². The first-order valence-electron chi connectivity index (χ1n) is 8.14. The van der Waals surface area contributed by atoms with Crippen LogP contribution < -0.4 is 0 Å². The number of carboxylic acid groups (broad SMARTS) is 1. The number of hydrogen-bond donors (Lipinski definition) is 1. The highest BCUT2D eigenvalue weighted by Crippen LogP contribution is 2.39. The second-order valence-corrected chi connectivity index (χ2v) is 6.72. The molecule has 2 aromatic rings. The maximum Gasteiger partial charge on any atom is 0.318 e. The molecule has 3 nitrogen and oxygen atoms in total. The van der Waals surface area contributed by atoms with Gasteiger partial charge < -0.3 is 10.0 Å². The van der Waals surface area contributed by atoms with Gasteiger partial charge in [0, 0.05) is 5.02 Å². The first-order chi connectivity index (χ1) is 11.4. The number of rotatable bonds is 7. The minimum atomic E-state index is -1.11. The Balaban J connectivity index is 2.73. The molecule has 2 aromatic carbocycles. The van der Waals surface area contributed by atoms with Gasteiger partial charge in [-0.25, -0.2) is 0 Å². The zero-order valence-electron chi connectivity index (χ0n) is 14.4. The lowest BCUT2D eigenvalue weighted by Crippen LogP contribution is -2.40. The molecule has 0 spiro atoms. The maximum atomic E-state index is 12.6. The first-order valence-corrected chi connectivity index (χ1v) is 8.52. The summed E-state index contributed by atoms with van der Waals surface area (Å²) >= 11 is 6.18. The van der Waals surface area contributed by atoms with Gasteiger partial charge in [-0.2, -0.15) is 0 Å². The van der Waals surface area contributed by atoms with Gasteiger partial charge in [-0.1, -0.05) is 54.9 Å². The molecule has 2 rings (SSSR count). The minimum absolute atomic E-state index is 0.479. The summed E-state index contributed by atoms with van der Waals surface area (Å²) in [6, 6.07) is 15.0. The van der Waals surface area contributed by atoms with Crippen molar-refractivity contribution < 1.29 is 9.90 Å². The van der Waals surface area contributed by atoms with Crippen molar-refractivity contribution in [3.8, 4) is 0 Å². The van der Waals surface area contributed by atoms with Crippen LogP contribution in [0.25, 0.3) is 0 Å². The highest BCUT2D eigenvalue weighted by molar-refractivity contribution is 6.30. The molecule has 1 unspecified atom stereocenters. The number of halogens is 1. The van der Waals surface area contributed by atoms with Crippen molar-refractivity contribution in [3.63, 3.8) is 0 Å². The lowest BCUT2D eigenvalue weighted by molar-refractivity contribution is -0.142. The van der Waals surface area contributed by atoms with Gasteiger partial charge in [-0.05, 0) is 62.3 Å². The van der Waals surface area contributed by atoms with Crippen molar-refractivity contribution >= 4 is 17.6 Å². The predicted molar refractivity (Wildman–Crippen MR) is 98.9 cm³/mol. The Morgan fingerprint density at radius 2 is 1.88 bits per heavy atom. The van der Waals surface area contributed by atoms with E-state index in [0.717, 1.165) is 23.1 Å². The first kappa shape index (κ1) is 18.5. The summed E-state index contributed by atoms with van der Waals surface area (Å²) in [4.78, 5) is 14.6. The molecule has 0 amide bonds. The second kappa shape index (κ2) is 7.82. The normalized spacial score (nSPS) is 13.7. The summed E-state index contributed by atoms with van der Waals surface area (Å²) in [5.41, 5.74) is 1.52. The quantitative estimate of drug-likeness (QED) is 0.816. The zero-order chi connectivity index (χ0) is 17.7. The Morgan fingerprint density at radius 1 is 1.17 bits per heavy atom. The van der Waals surface area contributed by atoms with E-state index in [0.29, 0.717) is 18.0 Å². The van der Waals surface area contributed by atoms with Crippen LogP contribution in [0, 0.1) is 0 Å². The highest BCUT2D eigenvalue weighted by atomic mass is 35.5. The summed E-state index contributed by atoms with van der Waals surface area (Å²) in [6.45, 7) is 2.71. The minimum Gasteiger partial charge on any atom is -0.480 e. The van der Waals surface area contributed by atoms with Crippen LogP contribution in [-0.4, -0.2) is 36.6 Å². The molecular weight excluding hydrogens is 322 g/mol. The Morgan fingerprint density at radius 3 is 2.46 bits per heavy atom. The van der Waals surface area contributed by atoms with E-state index in [9.17, 15) is 9.90 Å². The van der Waals surface area contributed by atoms with Crippen molar-refractivity contribution in [2.24, 2.45) is 0 Å². The highest BCUT2D eigenvalue weighted by Gasteiger charge is 2.43. The number of aliphatic carboxylic acids is 1. The molecule has 0 aliphatic rings. The molecular formula is C20H24ClNO2. The average Bonchev–Trinajstić information content (AvgIpc) is 2.55. The molecule has 0 radical (unpaired) electrons. The average molecular weight is 346 g/mol. The number of aryl methyl sites for hydroxylation is 1. The predicted octanol–water partition coefficient (Wildman–Crippen LogP) is 4.22. The van der Waals surface area contributed by atoms with Gasteiger partial charge in [0.2, 0.25) is 0 Å². The summed E-state index contributed by atoms with van der Waals surface area (Å²) in [5.74, 6) is -0.840. The van der Waals surface area contributed by atoms with Crippen LogP contribution in [-0.2, 0) is 16.6 Å². The fraction of sp³-hybridized carbons (Fsp3) is 0.350. The van der Waals surface area contributed by atoms with Crippen molar-refractivity contribution in [3.05, 3.63) is 70.2 Å². The maximum absolute atomic E-state index is 12.6. The largest absolute Gasteiger partial charge is 0.480 e. The summed E-state index contributed by atoms with van der Waals surface area (Å²) in [6.07, 6.45) is 1.26. The molecule has 0 heterocycles. The van der Waals surface area contributed by atoms with Crippen LogP contribution in [0.1, 0.15) is 30.0 Å². The zero-order valence-corrected chi connectivity index (χ0v) is 15.2. The van der Waals surface area contributed by atoms with Crippen LogP contribution in [0.3, 0.4) is 0 Å². The molecule has 1 atom stereocenters.